The molecule has 0 unspecified atom stereocenters. The van der Waals surface area contributed by atoms with E-state index in [4.69, 9.17) is 14.6 Å². The van der Waals surface area contributed by atoms with E-state index in [2.05, 4.69) is 0 Å². The minimum Gasteiger partial charge on any atom is -0.493 e. The zero-order valence-corrected chi connectivity index (χ0v) is 10.7. The van der Waals surface area contributed by atoms with Crippen LogP contribution < -0.4 is 9.47 Å². The third kappa shape index (κ3) is 4.49. The summed E-state index contributed by atoms with van der Waals surface area (Å²) in [7, 11) is 0. The van der Waals surface area contributed by atoms with E-state index in [-0.39, 0.29) is 0 Å². The van der Waals surface area contributed by atoms with Gasteiger partial charge in [0, 0.05) is 17.7 Å². The Morgan fingerprint density at radius 1 is 1.33 bits per heavy atom. The molecule has 0 saturated heterocycles. The van der Waals surface area contributed by atoms with Crippen molar-refractivity contribution in [3.05, 3.63) is 29.8 Å². The van der Waals surface area contributed by atoms with Crippen molar-refractivity contribution < 1.29 is 19.4 Å². The van der Waals surface area contributed by atoms with E-state index in [9.17, 15) is 4.79 Å². The Morgan fingerprint density at radius 2 is 2.11 bits per heavy atom. The molecule has 1 N–H and O–H groups in total. The molecule has 18 heavy (non-hydrogen) atoms. The first kappa shape index (κ1) is 14.1. The summed E-state index contributed by atoms with van der Waals surface area (Å²) < 4.78 is 11.0. The van der Waals surface area contributed by atoms with Gasteiger partial charge in [0.15, 0.2) is 0 Å². The zero-order valence-electron chi connectivity index (χ0n) is 10.7. The number of hydrogen-bond donors (Lipinski definition) is 1. The SMILES string of the molecule is CCCOc1ccc(/C=C/C(=O)O)c(OCC)c1. The van der Waals surface area contributed by atoms with Gasteiger partial charge in [-0.15, -0.1) is 0 Å². The Hall–Kier alpha value is -1.97. The van der Waals surface area contributed by atoms with Crippen molar-refractivity contribution in [2.75, 3.05) is 13.2 Å². The van der Waals surface area contributed by atoms with E-state index in [1.807, 2.05) is 13.8 Å². The molecule has 4 heteroatoms. The average Bonchev–Trinajstić information content (AvgIpc) is 2.35. The normalized spacial score (nSPS) is 10.6. The van der Waals surface area contributed by atoms with Crippen LogP contribution in [0.5, 0.6) is 11.5 Å². The van der Waals surface area contributed by atoms with Gasteiger partial charge >= 0.3 is 5.97 Å². The number of carboxylic acids is 1. The molecule has 0 amide bonds. The topological polar surface area (TPSA) is 55.8 Å². The van der Waals surface area contributed by atoms with Crippen LogP contribution in [0.15, 0.2) is 24.3 Å². The molecule has 0 aromatic heterocycles. The van der Waals surface area contributed by atoms with Gasteiger partial charge in [-0.05, 0) is 31.6 Å². The molecule has 0 aliphatic rings. The number of benzene rings is 1. The molecule has 0 spiro atoms. The van der Waals surface area contributed by atoms with Crippen molar-refractivity contribution in [1.82, 2.24) is 0 Å². The second-order valence-electron chi connectivity index (χ2n) is 3.65. The number of hydrogen-bond acceptors (Lipinski definition) is 3. The van der Waals surface area contributed by atoms with Crippen molar-refractivity contribution in [1.29, 1.82) is 0 Å². The summed E-state index contributed by atoms with van der Waals surface area (Å²) in [4.78, 5) is 10.5. The molecule has 0 bridgehead atoms. The van der Waals surface area contributed by atoms with E-state index in [0.717, 1.165) is 23.8 Å². The second kappa shape index (κ2) is 7.37. The Balaban J connectivity index is 2.92. The van der Waals surface area contributed by atoms with Crippen LogP contribution >= 0.6 is 0 Å². The molecule has 0 atom stereocenters. The van der Waals surface area contributed by atoms with Gasteiger partial charge in [-0.1, -0.05) is 6.92 Å². The molecule has 4 nitrogen and oxygen atoms in total. The molecule has 0 radical (unpaired) electrons. The predicted molar refractivity (Wildman–Crippen MR) is 70.1 cm³/mol. The fraction of sp³-hybridized carbons (Fsp3) is 0.357. The first-order chi connectivity index (χ1) is 8.67. The maximum atomic E-state index is 10.5. The lowest BCUT2D eigenvalue weighted by molar-refractivity contribution is -0.131. The van der Waals surface area contributed by atoms with Crippen LogP contribution in [0.2, 0.25) is 0 Å². The van der Waals surface area contributed by atoms with Crippen LogP contribution in [-0.4, -0.2) is 24.3 Å². The van der Waals surface area contributed by atoms with Crippen molar-refractivity contribution in [3.8, 4) is 11.5 Å². The molecular formula is C14H18O4. The minimum absolute atomic E-state index is 0.519. The Labute approximate surface area is 107 Å². The number of rotatable bonds is 7. The fourth-order valence-corrected chi connectivity index (χ4v) is 1.40. The van der Waals surface area contributed by atoms with Gasteiger partial charge in [-0.2, -0.15) is 0 Å². The third-order valence-corrected chi connectivity index (χ3v) is 2.16. The number of aliphatic carboxylic acids is 1. The van der Waals surface area contributed by atoms with Gasteiger partial charge in [0.1, 0.15) is 11.5 Å². The Morgan fingerprint density at radius 3 is 2.72 bits per heavy atom. The monoisotopic (exact) mass is 250 g/mol. The van der Waals surface area contributed by atoms with E-state index in [0.29, 0.717) is 19.0 Å². The molecule has 0 aliphatic carbocycles. The number of carboxylic acid groups (broad SMARTS) is 1. The number of ether oxygens (including phenoxy) is 2. The van der Waals surface area contributed by atoms with Gasteiger partial charge in [0.05, 0.1) is 13.2 Å². The van der Waals surface area contributed by atoms with Gasteiger partial charge in [0.2, 0.25) is 0 Å². The summed E-state index contributed by atoms with van der Waals surface area (Å²) in [5.41, 5.74) is 0.725. The molecule has 0 aliphatic heterocycles. The molecule has 1 aromatic rings. The third-order valence-electron chi connectivity index (χ3n) is 2.16. The van der Waals surface area contributed by atoms with Gasteiger partial charge in [-0.25, -0.2) is 4.79 Å². The largest absolute Gasteiger partial charge is 0.493 e. The van der Waals surface area contributed by atoms with Gasteiger partial charge in [0.25, 0.3) is 0 Å². The lowest BCUT2D eigenvalue weighted by Gasteiger charge is -2.10. The van der Waals surface area contributed by atoms with E-state index < -0.39 is 5.97 Å². The van der Waals surface area contributed by atoms with Crippen LogP contribution in [0.25, 0.3) is 6.08 Å². The van der Waals surface area contributed by atoms with Crippen molar-refractivity contribution in [3.63, 3.8) is 0 Å². The lowest BCUT2D eigenvalue weighted by atomic mass is 10.1. The molecule has 98 valence electrons. The quantitative estimate of drug-likeness (QED) is 0.756. The summed E-state index contributed by atoms with van der Waals surface area (Å²) in [5.74, 6) is 0.375. The molecule has 1 aromatic carbocycles. The van der Waals surface area contributed by atoms with Crippen LogP contribution in [-0.2, 0) is 4.79 Å². The summed E-state index contributed by atoms with van der Waals surface area (Å²) >= 11 is 0. The zero-order chi connectivity index (χ0) is 13.4. The number of carbonyl (C=O) groups is 1. The molecule has 1 rings (SSSR count). The maximum absolute atomic E-state index is 10.5. The van der Waals surface area contributed by atoms with E-state index in [1.165, 1.54) is 6.08 Å². The molecule has 0 heterocycles. The fourth-order valence-electron chi connectivity index (χ4n) is 1.40. The van der Waals surface area contributed by atoms with E-state index in [1.54, 1.807) is 18.2 Å². The van der Waals surface area contributed by atoms with Crippen LogP contribution in [0, 0.1) is 0 Å². The smallest absolute Gasteiger partial charge is 0.328 e. The first-order valence-corrected chi connectivity index (χ1v) is 5.98. The van der Waals surface area contributed by atoms with E-state index >= 15 is 0 Å². The Kier molecular flexibility index (Phi) is 5.77. The summed E-state index contributed by atoms with van der Waals surface area (Å²) in [6.45, 7) is 5.08. The van der Waals surface area contributed by atoms with Crippen LogP contribution in [0.1, 0.15) is 25.8 Å². The second-order valence-corrected chi connectivity index (χ2v) is 3.65. The highest BCUT2D eigenvalue weighted by Crippen LogP contribution is 2.26. The summed E-state index contributed by atoms with van der Waals surface area (Å²) in [6, 6.07) is 5.37. The molecule has 0 saturated carbocycles. The highest BCUT2D eigenvalue weighted by molar-refractivity contribution is 5.86. The van der Waals surface area contributed by atoms with Crippen molar-refractivity contribution in [2.45, 2.75) is 20.3 Å². The Bertz CT molecular complexity index is 424. The summed E-state index contributed by atoms with van der Waals surface area (Å²) in [5, 5.41) is 8.61. The van der Waals surface area contributed by atoms with Crippen molar-refractivity contribution in [2.24, 2.45) is 0 Å². The molecular weight excluding hydrogens is 232 g/mol. The van der Waals surface area contributed by atoms with Crippen LogP contribution in [0.3, 0.4) is 0 Å². The van der Waals surface area contributed by atoms with Crippen molar-refractivity contribution >= 4 is 12.0 Å². The summed E-state index contributed by atoms with van der Waals surface area (Å²) in [6.07, 6.45) is 3.53. The lowest BCUT2D eigenvalue weighted by Crippen LogP contribution is -1.98. The minimum atomic E-state index is -0.983. The molecule has 0 fully saturated rings. The maximum Gasteiger partial charge on any atom is 0.328 e. The average molecular weight is 250 g/mol. The van der Waals surface area contributed by atoms with Gasteiger partial charge in [-0.3, -0.25) is 0 Å². The first-order valence-electron chi connectivity index (χ1n) is 5.98. The standard InChI is InChI=1S/C14H18O4/c1-3-9-18-12-7-5-11(6-8-14(15)16)13(10-12)17-4-2/h5-8,10H,3-4,9H2,1-2H3,(H,15,16)/b8-6+. The highest BCUT2D eigenvalue weighted by atomic mass is 16.5. The van der Waals surface area contributed by atoms with Gasteiger partial charge < -0.3 is 14.6 Å². The van der Waals surface area contributed by atoms with Crippen LogP contribution in [0.4, 0.5) is 0 Å². The highest BCUT2D eigenvalue weighted by Gasteiger charge is 2.04. The predicted octanol–water partition coefficient (Wildman–Crippen LogP) is 2.97.